The van der Waals surface area contributed by atoms with E-state index in [-0.39, 0.29) is 12.3 Å². The van der Waals surface area contributed by atoms with Crippen molar-refractivity contribution in [1.82, 2.24) is 15.4 Å². The van der Waals surface area contributed by atoms with Crippen molar-refractivity contribution in [2.45, 2.75) is 20.5 Å². The number of H-pyrrole nitrogens is 1. The highest BCUT2D eigenvalue weighted by Crippen LogP contribution is 2.33. The molecule has 0 amide bonds. The van der Waals surface area contributed by atoms with Crippen molar-refractivity contribution >= 4 is 5.97 Å². The average Bonchev–Trinajstić information content (AvgIpc) is 3.23. The third-order valence-corrected chi connectivity index (χ3v) is 4.06. The van der Waals surface area contributed by atoms with Gasteiger partial charge in [0.2, 0.25) is 0 Å². The molecule has 0 unspecified atom stereocenters. The van der Waals surface area contributed by atoms with Gasteiger partial charge in [0.1, 0.15) is 18.1 Å². The largest absolute Gasteiger partial charge is 0.497 e. The van der Waals surface area contributed by atoms with E-state index in [1.807, 2.05) is 31.2 Å². The molecule has 152 valence electrons. The zero-order valence-electron chi connectivity index (χ0n) is 16.6. The molecule has 0 saturated carbocycles. The van der Waals surface area contributed by atoms with E-state index in [0.29, 0.717) is 36.0 Å². The second-order valence-corrected chi connectivity index (χ2v) is 5.98. The zero-order chi connectivity index (χ0) is 20.6. The van der Waals surface area contributed by atoms with E-state index in [1.54, 1.807) is 32.2 Å². The molecule has 0 saturated heterocycles. The second-order valence-electron chi connectivity index (χ2n) is 5.98. The van der Waals surface area contributed by atoms with Gasteiger partial charge >= 0.3 is 5.97 Å². The molecule has 1 N–H and O–H groups in total. The number of carbonyl (C=O) groups excluding carboxylic acids is 1. The molecule has 8 nitrogen and oxygen atoms in total. The minimum Gasteiger partial charge on any atom is -0.497 e. The number of hydrogen-bond donors (Lipinski definition) is 1. The van der Waals surface area contributed by atoms with E-state index in [2.05, 4.69) is 15.4 Å². The third kappa shape index (κ3) is 4.84. The highest BCUT2D eigenvalue weighted by molar-refractivity contribution is 5.94. The number of carbonyl (C=O) groups is 1. The summed E-state index contributed by atoms with van der Waals surface area (Å²) in [6.07, 6.45) is 0. The van der Waals surface area contributed by atoms with Crippen LogP contribution in [-0.2, 0) is 11.3 Å². The molecule has 29 heavy (non-hydrogen) atoms. The number of ether oxygens (including phenoxy) is 4. The van der Waals surface area contributed by atoms with E-state index in [4.69, 9.17) is 18.9 Å². The third-order valence-electron chi connectivity index (χ3n) is 4.06. The molecule has 0 bridgehead atoms. The van der Waals surface area contributed by atoms with Gasteiger partial charge in [0.05, 0.1) is 20.3 Å². The molecule has 0 fully saturated rings. The van der Waals surface area contributed by atoms with E-state index in [9.17, 15) is 4.79 Å². The van der Waals surface area contributed by atoms with Crippen molar-refractivity contribution in [2.24, 2.45) is 0 Å². The highest BCUT2D eigenvalue weighted by Gasteiger charge is 2.20. The first kappa shape index (κ1) is 20.2. The summed E-state index contributed by atoms with van der Waals surface area (Å²) >= 11 is 0. The number of esters is 1. The van der Waals surface area contributed by atoms with Gasteiger partial charge in [0, 0.05) is 5.56 Å². The van der Waals surface area contributed by atoms with Crippen LogP contribution in [0.15, 0.2) is 42.5 Å². The average molecular weight is 397 g/mol. The lowest BCUT2D eigenvalue weighted by Gasteiger charge is -2.13. The molecule has 1 heterocycles. The Balaban J connectivity index is 1.84. The molecule has 0 aliphatic rings. The maximum absolute atomic E-state index is 12.1. The van der Waals surface area contributed by atoms with Crippen molar-refractivity contribution in [2.75, 3.05) is 20.3 Å². The molecule has 0 spiro atoms. The fourth-order valence-electron chi connectivity index (χ4n) is 2.74. The number of hydrogen-bond acceptors (Lipinski definition) is 7. The van der Waals surface area contributed by atoms with E-state index < -0.39 is 5.97 Å². The molecule has 0 aliphatic carbocycles. The SMILES string of the molecule is CCOC(=O)c1n[nH]nc1-c1ccc(OCc2cccc(OC)c2)c(OCC)c1. The smallest absolute Gasteiger partial charge is 0.361 e. The summed E-state index contributed by atoms with van der Waals surface area (Å²) in [7, 11) is 1.63. The first-order chi connectivity index (χ1) is 14.2. The van der Waals surface area contributed by atoms with Crippen LogP contribution >= 0.6 is 0 Å². The summed E-state index contributed by atoms with van der Waals surface area (Å²) in [6, 6.07) is 13.0. The number of nitrogens with one attached hydrogen (secondary N) is 1. The fraction of sp³-hybridized carbons (Fsp3) is 0.286. The van der Waals surface area contributed by atoms with Gasteiger partial charge < -0.3 is 18.9 Å². The lowest BCUT2D eigenvalue weighted by Crippen LogP contribution is -2.07. The summed E-state index contributed by atoms with van der Waals surface area (Å²) in [5, 5.41) is 10.5. The Morgan fingerprint density at radius 3 is 2.62 bits per heavy atom. The lowest BCUT2D eigenvalue weighted by atomic mass is 10.1. The van der Waals surface area contributed by atoms with E-state index in [1.165, 1.54) is 0 Å². The maximum Gasteiger partial charge on any atom is 0.361 e. The second kappa shape index (κ2) is 9.59. The quantitative estimate of drug-likeness (QED) is 0.551. The Bertz CT molecular complexity index is 970. The monoisotopic (exact) mass is 397 g/mol. The molecular formula is C21H23N3O5. The van der Waals surface area contributed by atoms with Crippen LogP contribution in [0.4, 0.5) is 0 Å². The van der Waals surface area contributed by atoms with Crippen LogP contribution in [0.1, 0.15) is 29.9 Å². The van der Waals surface area contributed by atoms with Gasteiger partial charge in [0.15, 0.2) is 17.2 Å². The summed E-state index contributed by atoms with van der Waals surface area (Å²) in [5.41, 5.74) is 2.15. The van der Waals surface area contributed by atoms with Crippen LogP contribution in [-0.4, -0.2) is 41.7 Å². The fourth-order valence-corrected chi connectivity index (χ4v) is 2.74. The molecule has 0 atom stereocenters. The van der Waals surface area contributed by atoms with Crippen LogP contribution in [0.3, 0.4) is 0 Å². The number of aromatic amines is 1. The van der Waals surface area contributed by atoms with Crippen LogP contribution in [0.2, 0.25) is 0 Å². The van der Waals surface area contributed by atoms with Crippen LogP contribution in [0.5, 0.6) is 17.2 Å². The predicted molar refractivity (Wildman–Crippen MR) is 106 cm³/mol. The predicted octanol–water partition coefficient (Wildman–Crippen LogP) is 3.63. The first-order valence-electron chi connectivity index (χ1n) is 9.27. The molecule has 2 aromatic carbocycles. The standard InChI is InChI=1S/C21H23N3O5/c1-4-27-18-12-15(19-20(23-24-22-19)21(25)28-5-2)9-10-17(18)29-13-14-7-6-8-16(11-14)26-3/h6-12H,4-5,13H2,1-3H3,(H,22,23,24). The Morgan fingerprint density at radius 1 is 1.00 bits per heavy atom. The van der Waals surface area contributed by atoms with Crippen molar-refractivity contribution < 1.29 is 23.7 Å². The zero-order valence-corrected chi connectivity index (χ0v) is 16.6. The molecule has 1 aromatic heterocycles. The van der Waals surface area contributed by atoms with Crippen molar-refractivity contribution in [1.29, 1.82) is 0 Å². The number of nitrogens with zero attached hydrogens (tertiary/aromatic N) is 2. The normalized spacial score (nSPS) is 10.4. The molecule has 3 aromatic rings. The van der Waals surface area contributed by atoms with Gasteiger partial charge in [-0.3, -0.25) is 0 Å². The van der Waals surface area contributed by atoms with Gasteiger partial charge in [0.25, 0.3) is 0 Å². The van der Waals surface area contributed by atoms with Crippen molar-refractivity contribution in [3.8, 4) is 28.5 Å². The topological polar surface area (TPSA) is 95.6 Å². The van der Waals surface area contributed by atoms with E-state index in [0.717, 1.165) is 11.3 Å². The summed E-state index contributed by atoms with van der Waals surface area (Å²) in [5.74, 6) is 1.36. The summed E-state index contributed by atoms with van der Waals surface area (Å²) < 4.78 is 21.9. The molecular weight excluding hydrogens is 374 g/mol. The van der Waals surface area contributed by atoms with Crippen LogP contribution in [0, 0.1) is 0 Å². The first-order valence-corrected chi connectivity index (χ1v) is 9.27. The molecule has 8 heteroatoms. The Kier molecular flexibility index (Phi) is 6.67. The lowest BCUT2D eigenvalue weighted by molar-refractivity contribution is 0.0520. The Labute approximate surface area is 168 Å². The molecule has 0 aliphatic heterocycles. The van der Waals surface area contributed by atoms with Crippen molar-refractivity contribution in [3.05, 3.63) is 53.7 Å². The van der Waals surface area contributed by atoms with Gasteiger partial charge in [-0.1, -0.05) is 12.1 Å². The minimum absolute atomic E-state index is 0.124. The number of aromatic nitrogens is 3. The molecule has 3 rings (SSSR count). The summed E-state index contributed by atoms with van der Waals surface area (Å²) in [6.45, 7) is 4.70. The minimum atomic E-state index is -0.535. The Hall–Kier alpha value is -3.55. The van der Waals surface area contributed by atoms with Gasteiger partial charge in [-0.2, -0.15) is 10.3 Å². The van der Waals surface area contributed by atoms with Gasteiger partial charge in [-0.25, -0.2) is 4.79 Å². The van der Waals surface area contributed by atoms with E-state index >= 15 is 0 Å². The number of rotatable bonds is 9. The van der Waals surface area contributed by atoms with Gasteiger partial charge in [-0.15, -0.1) is 5.10 Å². The van der Waals surface area contributed by atoms with Gasteiger partial charge in [-0.05, 0) is 49.7 Å². The Morgan fingerprint density at radius 2 is 1.86 bits per heavy atom. The maximum atomic E-state index is 12.1. The van der Waals surface area contributed by atoms with Crippen molar-refractivity contribution in [3.63, 3.8) is 0 Å². The van der Waals surface area contributed by atoms with Crippen LogP contribution in [0.25, 0.3) is 11.3 Å². The van der Waals surface area contributed by atoms with Crippen LogP contribution < -0.4 is 14.2 Å². The number of benzene rings is 2. The number of methoxy groups -OCH3 is 1. The highest BCUT2D eigenvalue weighted by atomic mass is 16.5. The molecule has 0 radical (unpaired) electrons. The summed E-state index contributed by atoms with van der Waals surface area (Å²) in [4.78, 5) is 12.1.